The Balaban J connectivity index is 1.16. The molecule has 0 saturated carbocycles. The minimum atomic E-state index is -0.310. The van der Waals surface area contributed by atoms with Gasteiger partial charge in [-0.15, -0.1) is 0 Å². The van der Waals surface area contributed by atoms with Crippen molar-refractivity contribution in [2.75, 3.05) is 26.8 Å². The van der Waals surface area contributed by atoms with Crippen molar-refractivity contribution in [3.63, 3.8) is 0 Å². The molecule has 5 rings (SSSR count). The van der Waals surface area contributed by atoms with E-state index in [2.05, 4.69) is 25.8 Å². The number of hydrogen-bond donors (Lipinski definition) is 1. The summed E-state index contributed by atoms with van der Waals surface area (Å²) in [6, 6.07) is 18.1. The highest BCUT2D eigenvalue weighted by atomic mass is 19.1. The third kappa shape index (κ3) is 5.45. The Hall–Kier alpha value is -3.62. The van der Waals surface area contributed by atoms with Gasteiger partial charge in [-0.05, 0) is 49.2 Å². The van der Waals surface area contributed by atoms with Gasteiger partial charge in [0.1, 0.15) is 11.6 Å². The van der Waals surface area contributed by atoms with E-state index in [0.717, 1.165) is 55.9 Å². The molecule has 7 nitrogen and oxygen atoms in total. The zero-order valence-corrected chi connectivity index (χ0v) is 20.4. The van der Waals surface area contributed by atoms with Gasteiger partial charge in [-0.1, -0.05) is 24.3 Å². The van der Waals surface area contributed by atoms with Crippen LogP contribution in [0.3, 0.4) is 0 Å². The van der Waals surface area contributed by atoms with E-state index in [1.807, 2.05) is 18.2 Å². The topological polar surface area (TPSA) is 72.3 Å². The molecule has 4 aromatic rings. The van der Waals surface area contributed by atoms with Crippen molar-refractivity contribution in [1.29, 1.82) is 0 Å². The van der Waals surface area contributed by atoms with Crippen LogP contribution < -0.4 is 5.32 Å². The number of benzene rings is 2. The molecule has 1 fully saturated rings. The van der Waals surface area contributed by atoms with Gasteiger partial charge >= 0.3 is 0 Å². The maximum atomic E-state index is 13.5. The number of fused-ring (bicyclic) bond motifs is 1. The van der Waals surface area contributed by atoms with Crippen LogP contribution in [0.2, 0.25) is 0 Å². The van der Waals surface area contributed by atoms with Crippen molar-refractivity contribution in [3.8, 4) is 11.3 Å². The molecule has 1 aliphatic rings. The van der Waals surface area contributed by atoms with Crippen molar-refractivity contribution in [2.45, 2.75) is 32.0 Å². The zero-order chi connectivity index (χ0) is 24.9. The maximum Gasteiger partial charge on any atom is 0.253 e. The van der Waals surface area contributed by atoms with Crippen LogP contribution in [-0.4, -0.2) is 58.2 Å². The predicted molar refractivity (Wildman–Crippen MR) is 137 cm³/mol. The Morgan fingerprint density at radius 3 is 2.69 bits per heavy atom. The number of carbonyl (C=O) groups excluding carboxylic acids is 1. The largest absolute Gasteiger partial charge is 0.383 e. The molecule has 0 atom stereocenters. The van der Waals surface area contributed by atoms with Gasteiger partial charge < -0.3 is 14.6 Å². The first kappa shape index (κ1) is 24.1. The average molecular weight is 488 g/mol. The number of nitrogens with one attached hydrogen (secondary N) is 1. The Labute approximate surface area is 209 Å². The van der Waals surface area contributed by atoms with Crippen LogP contribution in [0.5, 0.6) is 0 Å². The smallest absolute Gasteiger partial charge is 0.253 e. The number of likely N-dealkylation sites (tertiary alicyclic amines) is 1. The van der Waals surface area contributed by atoms with Crippen LogP contribution >= 0.6 is 0 Å². The van der Waals surface area contributed by atoms with E-state index in [-0.39, 0.29) is 17.8 Å². The normalized spacial score (nSPS) is 14.8. The fourth-order valence-corrected chi connectivity index (χ4v) is 4.73. The molecule has 8 heteroatoms. The molecule has 1 N–H and O–H groups in total. The number of carbonyl (C=O) groups is 1. The van der Waals surface area contributed by atoms with Gasteiger partial charge in [0.2, 0.25) is 0 Å². The standard InChI is InChI=1S/C28H30FN5O2/c1-36-16-15-34-26-8-3-2-7-25(26)32-27(34)19-33-13-11-23(12-14-33)31-28(35)21-9-10-24(30-18-21)20-5-4-6-22(29)17-20/h2-10,17-18,23H,11-16,19H2,1H3,(H,31,35). The molecule has 1 amide bonds. The fourth-order valence-electron chi connectivity index (χ4n) is 4.73. The molecule has 0 unspecified atom stereocenters. The molecule has 0 spiro atoms. The molecule has 1 saturated heterocycles. The van der Waals surface area contributed by atoms with Crippen LogP contribution in [0.4, 0.5) is 4.39 Å². The van der Waals surface area contributed by atoms with Crippen LogP contribution in [0.1, 0.15) is 29.0 Å². The third-order valence-electron chi connectivity index (χ3n) is 6.69. The Morgan fingerprint density at radius 1 is 1.11 bits per heavy atom. The zero-order valence-electron chi connectivity index (χ0n) is 20.4. The van der Waals surface area contributed by atoms with Gasteiger partial charge in [-0.3, -0.25) is 14.7 Å². The Bertz CT molecular complexity index is 1330. The summed E-state index contributed by atoms with van der Waals surface area (Å²) >= 11 is 0. The van der Waals surface area contributed by atoms with Gasteiger partial charge in [-0.25, -0.2) is 9.37 Å². The minimum Gasteiger partial charge on any atom is -0.383 e. The summed E-state index contributed by atoms with van der Waals surface area (Å²) in [7, 11) is 1.71. The maximum absolute atomic E-state index is 13.5. The number of piperidine rings is 1. The lowest BCUT2D eigenvalue weighted by atomic mass is 10.0. The Kier molecular flexibility index (Phi) is 7.34. The molecule has 36 heavy (non-hydrogen) atoms. The number of pyridine rings is 1. The van der Waals surface area contributed by atoms with Crippen LogP contribution in [0.25, 0.3) is 22.3 Å². The van der Waals surface area contributed by atoms with Gasteiger partial charge in [0.25, 0.3) is 5.91 Å². The van der Waals surface area contributed by atoms with E-state index in [1.54, 1.807) is 37.6 Å². The van der Waals surface area contributed by atoms with E-state index >= 15 is 0 Å². The molecule has 0 bridgehead atoms. The van der Waals surface area contributed by atoms with Gasteiger partial charge in [-0.2, -0.15) is 0 Å². The van der Waals surface area contributed by atoms with Crippen molar-refractivity contribution in [3.05, 3.63) is 84.1 Å². The monoisotopic (exact) mass is 487 g/mol. The number of imidazole rings is 1. The fraction of sp³-hybridized carbons (Fsp3) is 0.321. The molecule has 2 aromatic heterocycles. The quantitative estimate of drug-likeness (QED) is 0.402. The lowest BCUT2D eigenvalue weighted by Gasteiger charge is -2.32. The van der Waals surface area contributed by atoms with Crippen molar-refractivity contribution in [1.82, 2.24) is 24.8 Å². The first-order valence-corrected chi connectivity index (χ1v) is 12.3. The number of hydrogen-bond acceptors (Lipinski definition) is 5. The molecule has 0 aliphatic carbocycles. The second kappa shape index (κ2) is 11.0. The number of methoxy groups -OCH3 is 1. The van der Waals surface area contributed by atoms with E-state index in [9.17, 15) is 9.18 Å². The number of nitrogens with zero attached hydrogens (tertiary/aromatic N) is 4. The summed E-state index contributed by atoms with van der Waals surface area (Å²) < 4.78 is 21.0. The van der Waals surface area contributed by atoms with E-state index in [4.69, 9.17) is 9.72 Å². The highest BCUT2D eigenvalue weighted by Gasteiger charge is 2.23. The molecular weight excluding hydrogens is 457 g/mol. The van der Waals surface area contributed by atoms with Gasteiger partial charge in [0.15, 0.2) is 0 Å². The molecule has 0 radical (unpaired) electrons. The van der Waals surface area contributed by atoms with E-state index in [1.165, 1.54) is 12.1 Å². The number of halogens is 1. The molecule has 1 aliphatic heterocycles. The number of ether oxygens (including phenoxy) is 1. The highest BCUT2D eigenvalue weighted by Crippen LogP contribution is 2.21. The third-order valence-corrected chi connectivity index (χ3v) is 6.69. The molecule has 3 heterocycles. The summed E-state index contributed by atoms with van der Waals surface area (Å²) in [5.74, 6) is 0.600. The summed E-state index contributed by atoms with van der Waals surface area (Å²) in [4.78, 5) is 24.4. The summed E-state index contributed by atoms with van der Waals surface area (Å²) in [5, 5.41) is 3.15. The van der Waals surface area contributed by atoms with Crippen molar-refractivity contribution < 1.29 is 13.9 Å². The minimum absolute atomic E-state index is 0.115. The lowest BCUT2D eigenvalue weighted by molar-refractivity contribution is 0.0907. The Morgan fingerprint density at radius 2 is 1.94 bits per heavy atom. The second-order valence-corrected chi connectivity index (χ2v) is 9.13. The summed E-state index contributed by atoms with van der Waals surface area (Å²) in [6.07, 6.45) is 3.30. The summed E-state index contributed by atoms with van der Waals surface area (Å²) in [5.41, 5.74) is 3.96. The molecular formula is C28H30FN5O2. The molecule has 186 valence electrons. The van der Waals surface area contributed by atoms with E-state index in [0.29, 0.717) is 23.4 Å². The number of aromatic nitrogens is 3. The predicted octanol–water partition coefficient (Wildman–Crippen LogP) is 4.28. The van der Waals surface area contributed by atoms with Crippen LogP contribution in [-0.2, 0) is 17.8 Å². The first-order chi connectivity index (χ1) is 17.6. The van der Waals surface area contributed by atoms with Gasteiger partial charge in [0.05, 0.1) is 35.4 Å². The number of rotatable bonds is 8. The van der Waals surface area contributed by atoms with Crippen molar-refractivity contribution in [2.24, 2.45) is 0 Å². The van der Waals surface area contributed by atoms with Crippen LogP contribution in [0.15, 0.2) is 66.9 Å². The molecule has 2 aromatic carbocycles. The van der Waals surface area contributed by atoms with Crippen LogP contribution in [0, 0.1) is 5.82 Å². The summed E-state index contributed by atoms with van der Waals surface area (Å²) in [6.45, 7) is 3.94. The first-order valence-electron chi connectivity index (χ1n) is 12.3. The average Bonchev–Trinajstić information content (AvgIpc) is 3.25. The van der Waals surface area contributed by atoms with Gasteiger partial charge in [0, 0.05) is 44.5 Å². The number of para-hydroxylation sites is 2. The highest BCUT2D eigenvalue weighted by molar-refractivity contribution is 5.94. The van der Waals surface area contributed by atoms with E-state index < -0.39 is 0 Å². The number of amides is 1. The SMILES string of the molecule is COCCn1c(CN2CCC(NC(=O)c3ccc(-c4cccc(F)c4)nc3)CC2)nc2ccccc21. The lowest BCUT2D eigenvalue weighted by Crippen LogP contribution is -2.44. The van der Waals surface area contributed by atoms with Crippen molar-refractivity contribution >= 4 is 16.9 Å². The second-order valence-electron chi connectivity index (χ2n) is 9.13.